The molecule has 0 aliphatic heterocycles. The third-order valence-electron chi connectivity index (χ3n) is 10.2. The summed E-state index contributed by atoms with van der Waals surface area (Å²) >= 11 is 0. The zero-order chi connectivity index (χ0) is 18.6. The maximum atomic E-state index is 4.43. The monoisotopic (exact) mass is 354 g/mol. The van der Waals surface area contributed by atoms with Crippen LogP contribution in [0.4, 0.5) is 0 Å². The molecule has 0 aromatic carbocycles. The second-order valence-electron chi connectivity index (χ2n) is 11.1. The van der Waals surface area contributed by atoms with Gasteiger partial charge in [-0.15, -0.1) is 6.58 Å². The van der Waals surface area contributed by atoms with Gasteiger partial charge in [0.25, 0.3) is 0 Å². The molecule has 0 aromatic heterocycles. The van der Waals surface area contributed by atoms with Crippen molar-refractivity contribution in [1.29, 1.82) is 0 Å². The molecular formula is C26H42. The van der Waals surface area contributed by atoms with Gasteiger partial charge in [-0.3, -0.25) is 0 Å². The van der Waals surface area contributed by atoms with Crippen LogP contribution in [0.5, 0.6) is 0 Å². The second-order valence-corrected chi connectivity index (χ2v) is 11.1. The zero-order valence-electron chi connectivity index (χ0n) is 17.9. The first-order chi connectivity index (χ1) is 12.4. The minimum absolute atomic E-state index is 0.413. The molecule has 4 fully saturated rings. The van der Waals surface area contributed by atoms with Gasteiger partial charge in [0.15, 0.2) is 0 Å². The lowest BCUT2D eigenvalue weighted by molar-refractivity contribution is -0.127. The summed E-state index contributed by atoms with van der Waals surface area (Å²) in [7, 11) is 0. The molecule has 2 unspecified atom stereocenters. The van der Waals surface area contributed by atoms with Gasteiger partial charge < -0.3 is 0 Å². The van der Waals surface area contributed by atoms with Crippen molar-refractivity contribution in [3.05, 3.63) is 24.3 Å². The van der Waals surface area contributed by atoms with Gasteiger partial charge in [0.2, 0.25) is 0 Å². The van der Waals surface area contributed by atoms with Crippen LogP contribution in [-0.4, -0.2) is 0 Å². The Morgan fingerprint density at radius 2 is 1.77 bits per heavy atom. The van der Waals surface area contributed by atoms with E-state index in [1.807, 2.05) is 0 Å². The third-order valence-corrected chi connectivity index (χ3v) is 10.2. The van der Waals surface area contributed by atoms with E-state index in [2.05, 4.69) is 46.4 Å². The highest BCUT2D eigenvalue weighted by Crippen LogP contribution is 2.70. The van der Waals surface area contributed by atoms with Crippen LogP contribution in [0, 0.1) is 39.9 Å². The molecule has 0 spiro atoms. The molecule has 0 amide bonds. The highest BCUT2D eigenvalue weighted by molar-refractivity contribution is 5.23. The van der Waals surface area contributed by atoms with Crippen LogP contribution < -0.4 is 0 Å². The molecule has 0 heteroatoms. The number of hydrogen-bond acceptors (Lipinski definition) is 0. The fraction of sp³-hybridized carbons (Fsp3) is 0.846. The topological polar surface area (TPSA) is 0 Å². The molecule has 0 nitrogen and oxygen atoms in total. The van der Waals surface area contributed by atoms with E-state index in [4.69, 9.17) is 0 Å². The summed E-state index contributed by atoms with van der Waals surface area (Å²) in [5, 5.41) is 0. The highest BCUT2D eigenvalue weighted by Gasteiger charge is 2.61. The zero-order valence-corrected chi connectivity index (χ0v) is 17.9. The van der Waals surface area contributed by atoms with Crippen LogP contribution in [0.3, 0.4) is 0 Å². The Morgan fingerprint density at radius 3 is 2.50 bits per heavy atom. The Labute approximate surface area is 162 Å². The van der Waals surface area contributed by atoms with Crippen LogP contribution in [-0.2, 0) is 0 Å². The lowest BCUT2D eigenvalue weighted by Crippen LogP contribution is -2.57. The molecular weight excluding hydrogens is 312 g/mol. The van der Waals surface area contributed by atoms with Gasteiger partial charge in [-0.1, -0.05) is 51.3 Å². The Hall–Kier alpha value is -0.520. The Balaban J connectivity index is 1.72. The van der Waals surface area contributed by atoms with E-state index in [1.54, 1.807) is 5.57 Å². The van der Waals surface area contributed by atoms with Gasteiger partial charge in [-0.2, -0.15) is 0 Å². The summed E-state index contributed by atoms with van der Waals surface area (Å²) in [5.74, 6) is 3.73. The van der Waals surface area contributed by atoms with Crippen molar-refractivity contribution >= 4 is 0 Å². The van der Waals surface area contributed by atoms with Crippen molar-refractivity contribution in [2.75, 3.05) is 0 Å². The first-order valence-corrected chi connectivity index (χ1v) is 11.7. The van der Waals surface area contributed by atoms with E-state index in [0.29, 0.717) is 16.2 Å². The van der Waals surface area contributed by atoms with E-state index in [9.17, 15) is 0 Å². The fourth-order valence-electron chi connectivity index (χ4n) is 8.81. The molecule has 4 saturated carbocycles. The summed E-state index contributed by atoms with van der Waals surface area (Å²) < 4.78 is 0. The summed E-state index contributed by atoms with van der Waals surface area (Å²) in [5.41, 5.74) is 3.22. The van der Waals surface area contributed by atoms with Crippen molar-refractivity contribution in [3.63, 3.8) is 0 Å². The Kier molecular flexibility index (Phi) is 4.72. The van der Waals surface area contributed by atoms with Crippen LogP contribution >= 0.6 is 0 Å². The predicted octanol–water partition coefficient (Wildman–Crippen LogP) is 7.95. The fourth-order valence-corrected chi connectivity index (χ4v) is 8.81. The summed E-state index contributed by atoms with van der Waals surface area (Å²) in [6.07, 6.45) is 20.7. The third kappa shape index (κ3) is 2.46. The van der Waals surface area contributed by atoms with E-state index in [0.717, 1.165) is 23.7 Å². The molecule has 7 atom stereocenters. The van der Waals surface area contributed by atoms with Crippen LogP contribution in [0.25, 0.3) is 0 Å². The lowest BCUT2D eigenvalue weighted by Gasteiger charge is -2.64. The van der Waals surface area contributed by atoms with E-state index in [1.165, 1.54) is 70.6 Å². The molecule has 4 rings (SSSR count). The average molecular weight is 355 g/mol. The van der Waals surface area contributed by atoms with Gasteiger partial charge in [-0.25, -0.2) is 0 Å². The van der Waals surface area contributed by atoms with Crippen LogP contribution in [0.2, 0.25) is 0 Å². The molecule has 0 bridgehead atoms. The minimum atomic E-state index is 0.413. The molecule has 0 radical (unpaired) electrons. The first kappa shape index (κ1) is 18.8. The molecule has 0 N–H and O–H groups in total. The van der Waals surface area contributed by atoms with Crippen molar-refractivity contribution in [3.8, 4) is 0 Å². The summed E-state index contributed by atoms with van der Waals surface area (Å²) in [6, 6.07) is 0. The van der Waals surface area contributed by atoms with E-state index >= 15 is 0 Å². The van der Waals surface area contributed by atoms with Crippen LogP contribution in [0.15, 0.2) is 24.3 Å². The van der Waals surface area contributed by atoms with Crippen molar-refractivity contribution in [2.24, 2.45) is 39.9 Å². The largest absolute Gasteiger partial charge is 0.103 e. The smallest absolute Gasteiger partial charge is 0.00618 e. The SMILES string of the molecule is C=C[C@]12CC[C@H]3C4CCC/C(=C/C)[C@@]4(C)CCC3[C@@]1(C)CCC[C@H](C)C2. The summed E-state index contributed by atoms with van der Waals surface area (Å²) in [6.45, 7) is 14.6. The molecule has 0 saturated heterocycles. The number of hydrogen-bond donors (Lipinski definition) is 0. The maximum Gasteiger partial charge on any atom is -0.00618 e. The Morgan fingerprint density at radius 1 is 0.962 bits per heavy atom. The predicted molar refractivity (Wildman–Crippen MR) is 113 cm³/mol. The summed E-state index contributed by atoms with van der Waals surface area (Å²) in [4.78, 5) is 0. The normalized spacial score (nSPS) is 53.2. The molecule has 4 aliphatic rings. The number of rotatable bonds is 1. The molecule has 4 aliphatic carbocycles. The minimum Gasteiger partial charge on any atom is -0.103 e. The molecule has 0 aromatic rings. The molecule has 0 heterocycles. The van der Waals surface area contributed by atoms with Gasteiger partial charge in [0.05, 0.1) is 0 Å². The number of allylic oxidation sites excluding steroid dienone is 3. The van der Waals surface area contributed by atoms with E-state index in [-0.39, 0.29) is 0 Å². The Bertz CT molecular complexity index is 585. The van der Waals surface area contributed by atoms with Gasteiger partial charge in [0, 0.05) is 0 Å². The quantitative estimate of drug-likeness (QED) is 0.419. The number of fused-ring (bicyclic) bond motifs is 5. The standard InChI is InChI=1S/C26H42/c1-6-20-11-8-12-22-21-13-17-26(7-2)18-19(3)10-9-15-25(26,5)23(21)14-16-24(20,22)4/h6-7,19,21-23H,2,8-18H2,1,3-5H3/b20-6-/t19-,21-,22?,23?,24+,25+,26+/m0/s1. The average Bonchev–Trinajstić information content (AvgIpc) is 2.76. The van der Waals surface area contributed by atoms with Gasteiger partial charge >= 0.3 is 0 Å². The lowest BCUT2D eigenvalue weighted by atomic mass is 9.40. The van der Waals surface area contributed by atoms with Gasteiger partial charge in [-0.05, 0) is 105 Å². The van der Waals surface area contributed by atoms with Crippen molar-refractivity contribution in [1.82, 2.24) is 0 Å². The van der Waals surface area contributed by atoms with Crippen molar-refractivity contribution < 1.29 is 0 Å². The molecule has 26 heavy (non-hydrogen) atoms. The first-order valence-electron chi connectivity index (χ1n) is 11.7. The molecule has 146 valence electrons. The van der Waals surface area contributed by atoms with Gasteiger partial charge in [0.1, 0.15) is 0 Å². The van der Waals surface area contributed by atoms with Crippen LogP contribution in [0.1, 0.15) is 98.3 Å². The maximum absolute atomic E-state index is 4.43. The highest BCUT2D eigenvalue weighted by atomic mass is 14.7. The van der Waals surface area contributed by atoms with E-state index < -0.39 is 0 Å². The van der Waals surface area contributed by atoms with Crippen molar-refractivity contribution in [2.45, 2.75) is 98.3 Å². The second kappa shape index (κ2) is 6.52.